The van der Waals surface area contributed by atoms with E-state index in [0.717, 1.165) is 0 Å². The lowest BCUT2D eigenvalue weighted by Crippen LogP contribution is -2.57. The van der Waals surface area contributed by atoms with Gasteiger partial charge in [0.05, 0.1) is 6.54 Å². The lowest BCUT2D eigenvalue weighted by molar-refractivity contribution is -0.145. The molecule has 0 spiro atoms. The lowest BCUT2D eigenvalue weighted by Gasteiger charge is -2.32. The van der Waals surface area contributed by atoms with Gasteiger partial charge in [-0.3, -0.25) is 9.59 Å². The van der Waals surface area contributed by atoms with Crippen LogP contribution >= 0.6 is 0 Å². The quantitative estimate of drug-likeness (QED) is 0.876. The zero-order valence-corrected chi connectivity index (χ0v) is 11.5. The summed E-state index contributed by atoms with van der Waals surface area (Å²) >= 11 is 0. The van der Waals surface area contributed by atoms with Crippen LogP contribution in [0, 0.1) is 12.8 Å². The second kappa shape index (κ2) is 5.42. The van der Waals surface area contributed by atoms with Gasteiger partial charge in [-0.1, -0.05) is 19.0 Å². The molecule has 1 aliphatic rings. The monoisotopic (exact) mass is 265 g/mol. The number of hydrogen-bond acceptors (Lipinski definition) is 4. The Morgan fingerprint density at radius 3 is 2.84 bits per heavy atom. The Morgan fingerprint density at radius 2 is 2.26 bits per heavy atom. The van der Waals surface area contributed by atoms with Crippen molar-refractivity contribution in [3.8, 4) is 0 Å². The van der Waals surface area contributed by atoms with Gasteiger partial charge in [-0.15, -0.1) is 0 Å². The van der Waals surface area contributed by atoms with Crippen LogP contribution in [0.15, 0.2) is 10.6 Å². The standard InChI is InChI=1S/C13H19N3O3/c1-8(2)4-11-13(18)16(7-12(17)14-11)6-10-5-9(3)19-15-10/h5,8,11H,4,6-7H2,1-3H3,(H,14,17). The van der Waals surface area contributed by atoms with E-state index in [1.54, 1.807) is 13.0 Å². The number of amides is 2. The molecule has 0 aromatic carbocycles. The van der Waals surface area contributed by atoms with Crippen molar-refractivity contribution < 1.29 is 14.1 Å². The van der Waals surface area contributed by atoms with Crippen LogP contribution in [0.4, 0.5) is 0 Å². The van der Waals surface area contributed by atoms with Gasteiger partial charge in [0.15, 0.2) is 0 Å². The molecule has 1 atom stereocenters. The van der Waals surface area contributed by atoms with Crippen molar-refractivity contribution >= 4 is 11.8 Å². The van der Waals surface area contributed by atoms with Gasteiger partial charge in [-0.25, -0.2) is 0 Å². The molecule has 2 rings (SSSR count). The molecule has 6 nitrogen and oxygen atoms in total. The van der Waals surface area contributed by atoms with E-state index in [0.29, 0.717) is 30.3 Å². The molecule has 0 saturated carbocycles. The molecule has 0 radical (unpaired) electrons. The van der Waals surface area contributed by atoms with E-state index >= 15 is 0 Å². The van der Waals surface area contributed by atoms with E-state index < -0.39 is 6.04 Å². The largest absolute Gasteiger partial charge is 0.361 e. The fraction of sp³-hybridized carbons (Fsp3) is 0.615. The van der Waals surface area contributed by atoms with Crippen molar-refractivity contribution in [2.75, 3.05) is 6.54 Å². The minimum atomic E-state index is -0.422. The molecule has 19 heavy (non-hydrogen) atoms. The number of aryl methyl sites for hydroxylation is 1. The zero-order chi connectivity index (χ0) is 14.0. The zero-order valence-electron chi connectivity index (χ0n) is 11.5. The molecular formula is C13H19N3O3. The molecule has 1 unspecified atom stereocenters. The third-order valence-corrected chi connectivity index (χ3v) is 3.02. The van der Waals surface area contributed by atoms with Crippen LogP contribution in [-0.4, -0.2) is 34.5 Å². The van der Waals surface area contributed by atoms with E-state index in [9.17, 15) is 9.59 Å². The van der Waals surface area contributed by atoms with Crippen molar-refractivity contribution in [2.45, 2.75) is 39.8 Å². The highest BCUT2D eigenvalue weighted by molar-refractivity contribution is 5.94. The van der Waals surface area contributed by atoms with Crippen LogP contribution in [0.3, 0.4) is 0 Å². The number of rotatable bonds is 4. The maximum Gasteiger partial charge on any atom is 0.245 e. The molecule has 2 heterocycles. The van der Waals surface area contributed by atoms with Gasteiger partial charge in [-0.05, 0) is 19.3 Å². The lowest BCUT2D eigenvalue weighted by atomic mass is 10.0. The van der Waals surface area contributed by atoms with Crippen molar-refractivity contribution in [1.29, 1.82) is 0 Å². The number of nitrogens with one attached hydrogen (secondary N) is 1. The van der Waals surface area contributed by atoms with Crippen LogP contribution < -0.4 is 5.32 Å². The Morgan fingerprint density at radius 1 is 1.53 bits per heavy atom. The summed E-state index contributed by atoms with van der Waals surface area (Å²) in [7, 11) is 0. The Balaban J connectivity index is 2.06. The average molecular weight is 265 g/mol. The van der Waals surface area contributed by atoms with E-state index in [1.807, 2.05) is 13.8 Å². The van der Waals surface area contributed by atoms with Crippen molar-refractivity contribution in [2.24, 2.45) is 5.92 Å². The van der Waals surface area contributed by atoms with E-state index in [1.165, 1.54) is 4.90 Å². The topological polar surface area (TPSA) is 75.4 Å². The molecule has 0 bridgehead atoms. The maximum absolute atomic E-state index is 12.3. The number of carbonyl (C=O) groups is 2. The summed E-state index contributed by atoms with van der Waals surface area (Å²) in [6, 6.07) is 1.35. The fourth-order valence-corrected chi connectivity index (χ4v) is 2.23. The van der Waals surface area contributed by atoms with Gasteiger partial charge in [0, 0.05) is 6.07 Å². The molecule has 0 aliphatic carbocycles. The van der Waals surface area contributed by atoms with Crippen LogP contribution in [0.5, 0.6) is 0 Å². The van der Waals surface area contributed by atoms with Crippen LogP contribution in [0.2, 0.25) is 0 Å². The summed E-state index contributed by atoms with van der Waals surface area (Å²) in [4.78, 5) is 25.5. The highest BCUT2D eigenvalue weighted by Crippen LogP contribution is 2.14. The van der Waals surface area contributed by atoms with E-state index in [4.69, 9.17) is 4.52 Å². The van der Waals surface area contributed by atoms with Gasteiger partial charge in [0.1, 0.15) is 24.0 Å². The minimum Gasteiger partial charge on any atom is -0.361 e. The van der Waals surface area contributed by atoms with Crippen LogP contribution in [0.25, 0.3) is 0 Å². The predicted molar refractivity (Wildman–Crippen MR) is 68.0 cm³/mol. The maximum atomic E-state index is 12.3. The number of piperazine rings is 1. The Labute approximate surface area is 112 Å². The van der Waals surface area contributed by atoms with Gasteiger partial charge in [-0.2, -0.15) is 0 Å². The molecule has 6 heteroatoms. The first-order chi connectivity index (χ1) is 8.95. The normalized spacial score (nSPS) is 20.0. The van der Waals surface area contributed by atoms with Gasteiger partial charge in [0.2, 0.25) is 11.8 Å². The molecule has 1 saturated heterocycles. The molecule has 1 N–H and O–H groups in total. The molecule has 2 amide bonds. The summed E-state index contributed by atoms with van der Waals surface area (Å²) < 4.78 is 4.97. The summed E-state index contributed by atoms with van der Waals surface area (Å²) in [5.41, 5.74) is 0.670. The van der Waals surface area contributed by atoms with E-state index in [-0.39, 0.29) is 18.4 Å². The Bertz CT molecular complexity index is 481. The molecular weight excluding hydrogens is 246 g/mol. The first-order valence-corrected chi connectivity index (χ1v) is 6.46. The minimum absolute atomic E-state index is 0.0473. The number of aromatic nitrogens is 1. The summed E-state index contributed by atoms with van der Waals surface area (Å²) in [5, 5.41) is 6.60. The molecule has 1 aromatic heterocycles. The Kier molecular flexibility index (Phi) is 3.87. The third kappa shape index (κ3) is 3.33. The van der Waals surface area contributed by atoms with Crippen molar-refractivity contribution in [3.05, 3.63) is 17.5 Å². The van der Waals surface area contributed by atoms with Crippen molar-refractivity contribution in [3.63, 3.8) is 0 Å². The van der Waals surface area contributed by atoms with Gasteiger partial charge in [0.25, 0.3) is 0 Å². The molecule has 1 aliphatic heterocycles. The molecule has 1 fully saturated rings. The smallest absolute Gasteiger partial charge is 0.245 e. The first kappa shape index (κ1) is 13.6. The SMILES string of the molecule is Cc1cc(CN2CC(=O)NC(CC(C)C)C2=O)no1. The highest BCUT2D eigenvalue weighted by atomic mass is 16.5. The molecule has 1 aromatic rings. The van der Waals surface area contributed by atoms with E-state index in [2.05, 4.69) is 10.5 Å². The Hall–Kier alpha value is -1.85. The third-order valence-electron chi connectivity index (χ3n) is 3.02. The summed E-state index contributed by atoms with van der Waals surface area (Å²) in [6.07, 6.45) is 0.652. The highest BCUT2D eigenvalue weighted by Gasteiger charge is 2.33. The van der Waals surface area contributed by atoms with Gasteiger partial charge < -0.3 is 14.7 Å². The van der Waals surface area contributed by atoms with Crippen molar-refractivity contribution in [1.82, 2.24) is 15.4 Å². The molecule has 104 valence electrons. The number of nitrogens with zero attached hydrogens (tertiary/aromatic N) is 2. The number of hydrogen-bond donors (Lipinski definition) is 1. The number of carbonyl (C=O) groups excluding carboxylic acids is 2. The fourth-order valence-electron chi connectivity index (χ4n) is 2.23. The van der Waals surface area contributed by atoms with Crippen LogP contribution in [0.1, 0.15) is 31.7 Å². The van der Waals surface area contributed by atoms with Crippen LogP contribution in [-0.2, 0) is 16.1 Å². The average Bonchev–Trinajstić information content (AvgIpc) is 2.70. The summed E-state index contributed by atoms with van der Waals surface area (Å²) in [6.45, 7) is 6.25. The second-order valence-electron chi connectivity index (χ2n) is 5.37. The second-order valence-corrected chi connectivity index (χ2v) is 5.37. The van der Waals surface area contributed by atoms with Gasteiger partial charge >= 0.3 is 0 Å². The predicted octanol–water partition coefficient (Wildman–Crippen LogP) is 0.856. The summed E-state index contributed by atoms with van der Waals surface area (Å²) in [5.74, 6) is 0.880. The first-order valence-electron chi connectivity index (χ1n) is 6.46.